The third kappa shape index (κ3) is 5.28. The Labute approximate surface area is 106 Å². The fourth-order valence-electron chi connectivity index (χ4n) is 1.10. The van der Waals surface area contributed by atoms with Crippen molar-refractivity contribution in [2.45, 2.75) is 19.9 Å². The average Bonchev–Trinajstić information content (AvgIpc) is 2.34. The minimum atomic E-state index is -0.682. The predicted molar refractivity (Wildman–Crippen MR) is 63.6 cm³/mol. The van der Waals surface area contributed by atoms with E-state index in [1.807, 2.05) is 0 Å². The normalized spacial score (nSPS) is 11.2. The molecular weight excluding hydrogens is 234 g/mol. The van der Waals surface area contributed by atoms with Crippen LogP contribution in [0.2, 0.25) is 0 Å². The Kier molecular flexibility index (Phi) is 7.10. The first-order valence-electron chi connectivity index (χ1n) is 5.49. The molecule has 98 valence electrons. The molecule has 0 fully saturated rings. The van der Waals surface area contributed by atoms with Gasteiger partial charge >= 0.3 is 0 Å². The van der Waals surface area contributed by atoms with Crippen molar-refractivity contribution in [2.24, 2.45) is 11.7 Å². The van der Waals surface area contributed by atoms with Crippen molar-refractivity contribution in [2.75, 3.05) is 19.6 Å². The lowest BCUT2D eigenvalue weighted by Crippen LogP contribution is -2.48. The monoisotopic (exact) mass is 251 g/mol. The van der Waals surface area contributed by atoms with Crippen LogP contribution in [0.25, 0.3) is 0 Å². The van der Waals surface area contributed by atoms with Gasteiger partial charge < -0.3 is 16.0 Å². The first kappa shape index (κ1) is 15.9. The number of carbonyl (C=O) groups is 2. The Morgan fingerprint density at radius 2 is 1.78 bits per heavy atom. The first-order valence-corrected chi connectivity index (χ1v) is 5.49. The van der Waals surface area contributed by atoms with E-state index >= 15 is 0 Å². The van der Waals surface area contributed by atoms with Crippen molar-refractivity contribution >= 4 is 11.8 Å². The number of nitrogens with one attached hydrogen (secondary N) is 1. The van der Waals surface area contributed by atoms with Gasteiger partial charge in [0, 0.05) is 0 Å². The Bertz CT molecular complexity index is 364. The maximum absolute atomic E-state index is 11.6. The Hall–Kier alpha value is -2.12. The van der Waals surface area contributed by atoms with E-state index in [1.165, 1.54) is 0 Å². The molecule has 0 rings (SSSR count). The molecule has 0 unspecified atom stereocenters. The van der Waals surface area contributed by atoms with Crippen LogP contribution in [0.3, 0.4) is 0 Å². The highest BCUT2D eigenvalue weighted by Crippen LogP contribution is 1.97. The van der Waals surface area contributed by atoms with Crippen molar-refractivity contribution in [1.29, 1.82) is 10.5 Å². The Balaban J connectivity index is 4.28. The summed E-state index contributed by atoms with van der Waals surface area (Å²) in [6.07, 6.45) is 0. The molecular formula is C11H17N5O2. The number of carbonyl (C=O) groups excluding carboxylic acids is 2. The summed E-state index contributed by atoms with van der Waals surface area (Å²) < 4.78 is 0. The number of hydrogen-bond acceptors (Lipinski definition) is 5. The van der Waals surface area contributed by atoms with Gasteiger partial charge in [-0.3, -0.25) is 9.59 Å². The van der Waals surface area contributed by atoms with Gasteiger partial charge in [0.15, 0.2) is 0 Å². The minimum Gasteiger partial charge on any atom is -0.346 e. The molecule has 0 aromatic rings. The maximum atomic E-state index is 11.6. The molecule has 3 N–H and O–H groups in total. The van der Waals surface area contributed by atoms with Crippen LogP contribution in [-0.4, -0.2) is 42.4 Å². The lowest BCUT2D eigenvalue weighted by Gasteiger charge is -2.18. The number of rotatable bonds is 6. The van der Waals surface area contributed by atoms with E-state index < -0.39 is 17.9 Å². The average molecular weight is 251 g/mol. The molecule has 0 bridgehead atoms. The summed E-state index contributed by atoms with van der Waals surface area (Å²) >= 11 is 0. The molecule has 0 heterocycles. The van der Waals surface area contributed by atoms with E-state index in [4.69, 9.17) is 16.3 Å². The molecule has 0 spiro atoms. The van der Waals surface area contributed by atoms with Gasteiger partial charge in [0.2, 0.25) is 11.8 Å². The molecule has 0 aliphatic carbocycles. The molecule has 2 amide bonds. The highest BCUT2D eigenvalue weighted by Gasteiger charge is 2.19. The molecule has 7 nitrogen and oxygen atoms in total. The van der Waals surface area contributed by atoms with Gasteiger partial charge in [-0.15, -0.1) is 0 Å². The summed E-state index contributed by atoms with van der Waals surface area (Å²) in [5.41, 5.74) is 5.60. The lowest BCUT2D eigenvalue weighted by atomic mass is 10.1. The van der Waals surface area contributed by atoms with Crippen LogP contribution in [0, 0.1) is 28.6 Å². The largest absolute Gasteiger partial charge is 0.346 e. The van der Waals surface area contributed by atoms with Crippen LogP contribution in [0.15, 0.2) is 0 Å². The molecule has 0 saturated carbocycles. The summed E-state index contributed by atoms with van der Waals surface area (Å²) in [6.45, 7) is 2.97. The molecule has 0 saturated heterocycles. The van der Waals surface area contributed by atoms with Crippen molar-refractivity contribution < 1.29 is 9.59 Å². The predicted octanol–water partition coefficient (Wildman–Crippen LogP) is -1.04. The number of nitrogens with two attached hydrogens (primary N) is 1. The van der Waals surface area contributed by atoms with E-state index in [0.717, 1.165) is 4.90 Å². The zero-order chi connectivity index (χ0) is 14.1. The first-order chi connectivity index (χ1) is 8.43. The smallest absolute Gasteiger partial charge is 0.243 e. The van der Waals surface area contributed by atoms with Gasteiger partial charge in [-0.2, -0.15) is 10.5 Å². The lowest BCUT2D eigenvalue weighted by molar-refractivity contribution is -0.132. The van der Waals surface area contributed by atoms with E-state index in [1.54, 1.807) is 26.0 Å². The van der Waals surface area contributed by atoms with E-state index in [9.17, 15) is 9.59 Å². The van der Waals surface area contributed by atoms with Gasteiger partial charge in [0.1, 0.15) is 13.1 Å². The quantitative estimate of drug-likeness (QED) is 0.584. The van der Waals surface area contributed by atoms with Crippen LogP contribution < -0.4 is 11.1 Å². The SMILES string of the molecule is CC(C)[C@H](N)C(=O)NCC(=O)N(CC#N)CC#N. The topological polar surface area (TPSA) is 123 Å². The van der Waals surface area contributed by atoms with Crippen molar-refractivity contribution in [3.8, 4) is 12.1 Å². The van der Waals surface area contributed by atoms with Crippen LogP contribution in [0.5, 0.6) is 0 Å². The molecule has 7 heteroatoms. The van der Waals surface area contributed by atoms with E-state index in [2.05, 4.69) is 5.32 Å². The third-order valence-corrected chi connectivity index (χ3v) is 2.31. The van der Waals surface area contributed by atoms with Crippen LogP contribution in [-0.2, 0) is 9.59 Å². The molecule has 0 radical (unpaired) electrons. The Morgan fingerprint density at radius 1 is 1.28 bits per heavy atom. The number of nitrogens with zero attached hydrogens (tertiary/aromatic N) is 3. The molecule has 0 aliphatic heterocycles. The fourth-order valence-corrected chi connectivity index (χ4v) is 1.10. The van der Waals surface area contributed by atoms with Crippen molar-refractivity contribution in [1.82, 2.24) is 10.2 Å². The summed E-state index contributed by atoms with van der Waals surface area (Å²) in [6, 6.07) is 2.88. The zero-order valence-electron chi connectivity index (χ0n) is 10.5. The van der Waals surface area contributed by atoms with Gasteiger partial charge in [-0.05, 0) is 5.92 Å². The van der Waals surface area contributed by atoms with Gasteiger partial charge in [-0.1, -0.05) is 13.8 Å². The fraction of sp³-hybridized carbons (Fsp3) is 0.636. The van der Waals surface area contributed by atoms with Crippen LogP contribution in [0.1, 0.15) is 13.8 Å². The zero-order valence-corrected chi connectivity index (χ0v) is 10.5. The van der Waals surface area contributed by atoms with Crippen LogP contribution >= 0.6 is 0 Å². The standard InChI is InChI=1S/C11H17N5O2/c1-8(2)10(14)11(18)15-7-9(17)16(5-3-12)6-4-13/h8,10H,5-7,14H2,1-2H3,(H,15,18)/t10-/m0/s1. The number of amides is 2. The molecule has 0 aromatic heterocycles. The molecule has 0 aromatic carbocycles. The van der Waals surface area contributed by atoms with Crippen molar-refractivity contribution in [3.05, 3.63) is 0 Å². The molecule has 18 heavy (non-hydrogen) atoms. The van der Waals surface area contributed by atoms with E-state index in [0.29, 0.717) is 0 Å². The highest BCUT2D eigenvalue weighted by molar-refractivity contribution is 5.87. The minimum absolute atomic E-state index is 0.0329. The molecule has 0 aliphatic rings. The molecule has 1 atom stereocenters. The second-order valence-corrected chi connectivity index (χ2v) is 4.05. The second kappa shape index (κ2) is 8.04. The van der Waals surface area contributed by atoms with Gasteiger partial charge in [0.25, 0.3) is 0 Å². The maximum Gasteiger partial charge on any atom is 0.243 e. The third-order valence-electron chi connectivity index (χ3n) is 2.31. The van der Waals surface area contributed by atoms with E-state index in [-0.39, 0.29) is 25.6 Å². The highest BCUT2D eigenvalue weighted by atomic mass is 16.2. The summed E-state index contributed by atoms with van der Waals surface area (Å²) in [7, 11) is 0. The summed E-state index contributed by atoms with van der Waals surface area (Å²) in [4.78, 5) is 24.1. The van der Waals surface area contributed by atoms with Gasteiger partial charge in [0.05, 0.1) is 24.7 Å². The van der Waals surface area contributed by atoms with Gasteiger partial charge in [-0.25, -0.2) is 0 Å². The second-order valence-electron chi connectivity index (χ2n) is 4.05. The number of hydrogen-bond donors (Lipinski definition) is 2. The van der Waals surface area contributed by atoms with Crippen molar-refractivity contribution in [3.63, 3.8) is 0 Å². The Morgan fingerprint density at radius 3 is 2.17 bits per heavy atom. The van der Waals surface area contributed by atoms with Crippen LogP contribution in [0.4, 0.5) is 0 Å². The summed E-state index contributed by atoms with van der Waals surface area (Å²) in [5.74, 6) is -0.941. The summed E-state index contributed by atoms with van der Waals surface area (Å²) in [5, 5.41) is 19.4. The number of nitriles is 2.